The van der Waals surface area contributed by atoms with Crippen molar-refractivity contribution in [1.82, 2.24) is 29.4 Å². The number of rotatable bonds is 4. The molecule has 5 rings (SSSR count). The molecule has 1 atom stereocenters. The van der Waals surface area contributed by atoms with E-state index < -0.39 is 0 Å². The van der Waals surface area contributed by atoms with Gasteiger partial charge >= 0.3 is 0 Å². The van der Waals surface area contributed by atoms with Crippen molar-refractivity contribution in [1.29, 1.82) is 0 Å². The Morgan fingerprint density at radius 2 is 1.97 bits per heavy atom. The van der Waals surface area contributed by atoms with Crippen molar-refractivity contribution in [3.05, 3.63) is 64.1 Å². The van der Waals surface area contributed by atoms with Crippen molar-refractivity contribution in [3.8, 4) is 11.3 Å². The van der Waals surface area contributed by atoms with Gasteiger partial charge in [0.25, 0.3) is 11.5 Å². The molecule has 4 aromatic rings. The first kappa shape index (κ1) is 21.0. The smallest absolute Gasteiger partial charge is 0.263 e. The van der Waals surface area contributed by atoms with Gasteiger partial charge < -0.3 is 20.2 Å². The number of para-hydroxylation sites is 1. The molecular formula is C24H27N7O2. The zero-order valence-electron chi connectivity index (χ0n) is 19.4. The van der Waals surface area contributed by atoms with Gasteiger partial charge in [-0.05, 0) is 39.8 Å². The highest BCUT2D eigenvalue weighted by Crippen LogP contribution is 2.33. The van der Waals surface area contributed by atoms with Gasteiger partial charge in [0.2, 0.25) is 5.95 Å². The van der Waals surface area contributed by atoms with Gasteiger partial charge in [-0.15, -0.1) is 0 Å². The fraction of sp³-hybridized carbons (Fsp3) is 0.333. The molecule has 0 saturated carbocycles. The summed E-state index contributed by atoms with van der Waals surface area (Å²) in [5, 5.41) is 6.79. The van der Waals surface area contributed by atoms with E-state index >= 15 is 0 Å². The number of carbonyl (C=O) groups excluding carboxylic acids is 1. The Hall–Kier alpha value is -3.88. The molecule has 0 saturated heterocycles. The maximum atomic E-state index is 13.6. The number of imidazole rings is 1. The number of aromatic nitrogens is 5. The van der Waals surface area contributed by atoms with Gasteiger partial charge in [-0.2, -0.15) is 0 Å². The average Bonchev–Trinajstić information content (AvgIpc) is 3.41. The first-order valence-corrected chi connectivity index (χ1v) is 10.9. The molecule has 1 aromatic carbocycles. The highest BCUT2D eigenvalue weighted by Gasteiger charge is 2.29. The molecule has 0 aliphatic carbocycles. The third-order valence-corrected chi connectivity index (χ3v) is 5.71. The van der Waals surface area contributed by atoms with Crippen molar-refractivity contribution in [2.45, 2.75) is 45.8 Å². The number of hydrogen-bond acceptors (Lipinski definition) is 5. The van der Waals surface area contributed by atoms with E-state index in [9.17, 15) is 9.59 Å². The van der Waals surface area contributed by atoms with Crippen LogP contribution >= 0.6 is 0 Å². The predicted octanol–water partition coefficient (Wildman–Crippen LogP) is 3.19. The minimum absolute atomic E-state index is 0.0853. The van der Waals surface area contributed by atoms with E-state index in [0.717, 1.165) is 22.6 Å². The van der Waals surface area contributed by atoms with Crippen LogP contribution in [0.4, 0.5) is 5.95 Å². The third kappa shape index (κ3) is 3.69. The molecule has 9 nitrogen and oxygen atoms in total. The van der Waals surface area contributed by atoms with Gasteiger partial charge in [0.1, 0.15) is 0 Å². The SMILES string of the molecule is C[C@H]1NC(=O)c2cc(-c3cccc4c(=O)n(Cc5cn(C)cn5)c(NC(C)(C)C)nc34)[nH]c21. The molecule has 1 amide bonds. The molecule has 0 spiro atoms. The van der Waals surface area contributed by atoms with Crippen molar-refractivity contribution < 1.29 is 4.79 Å². The zero-order chi connectivity index (χ0) is 23.5. The topological polar surface area (TPSA) is 110 Å². The van der Waals surface area contributed by atoms with Crippen LogP contribution in [-0.2, 0) is 13.6 Å². The van der Waals surface area contributed by atoms with Crippen LogP contribution in [0.3, 0.4) is 0 Å². The van der Waals surface area contributed by atoms with Crippen LogP contribution in [0.15, 0.2) is 41.6 Å². The fourth-order valence-electron chi connectivity index (χ4n) is 4.24. The fourth-order valence-corrected chi connectivity index (χ4v) is 4.24. The number of nitrogens with one attached hydrogen (secondary N) is 3. The first-order valence-electron chi connectivity index (χ1n) is 10.9. The van der Waals surface area contributed by atoms with Gasteiger partial charge in [0.05, 0.1) is 46.8 Å². The van der Waals surface area contributed by atoms with E-state index in [4.69, 9.17) is 4.98 Å². The highest BCUT2D eigenvalue weighted by atomic mass is 16.2. The van der Waals surface area contributed by atoms with Crippen LogP contribution in [0.2, 0.25) is 0 Å². The largest absolute Gasteiger partial charge is 0.356 e. The van der Waals surface area contributed by atoms with E-state index in [-0.39, 0.29) is 23.0 Å². The minimum Gasteiger partial charge on any atom is -0.356 e. The molecule has 1 aliphatic rings. The quantitative estimate of drug-likeness (QED) is 0.447. The summed E-state index contributed by atoms with van der Waals surface area (Å²) in [4.78, 5) is 38.6. The van der Waals surface area contributed by atoms with E-state index in [1.807, 2.05) is 63.7 Å². The molecule has 4 heterocycles. The lowest BCUT2D eigenvalue weighted by atomic mass is 10.1. The summed E-state index contributed by atoms with van der Waals surface area (Å²) in [5.41, 5.74) is 3.92. The van der Waals surface area contributed by atoms with Gasteiger partial charge in [0.15, 0.2) is 0 Å². The van der Waals surface area contributed by atoms with Gasteiger partial charge in [-0.1, -0.05) is 12.1 Å². The molecule has 0 radical (unpaired) electrons. The standard InChI is InChI=1S/C24H27N7O2/c1-13-19-17(21(32)26-13)9-18(27-19)15-7-6-8-16-20(15)28-23(29-24(2,3)4)31(22(16)33)11-14-10-30(5)12-25-14/h6-10,12-13,27H,11H2,1-5H3,(H,26,32)(H,28,29)/t13-/m1/s1. The Kier molecular flexibility index (Phi) is 4.66. The molecule has 170 valence electrons. The number of aromatic amines is 1. The molecule has 9 heteroatoms. The van der Waals surface area contributed by atoms with Crippen LogP contribution in [-0.4, -0.2) is 35.5 Å². The van der Waals surface area contributed by atoms with Crippen LogP contribution in [0, 0.1) is 0 Å². The van der Waals surface area contributed by atoms with Crippen LogP contribution < -0.4 is 16.2 Å². The van der Waals surface area contributed by atoms with Crippen molar-refractivity contribution in [2.24, 2.45) is 7.05 Å². The molecule has 0 unspecified atom stereocenters. The third-order valence-electron chi connectivity index (χ3n) is 5.71. The van der Waals surface area contributed by atoms with Crippen LogP contribution in [0.1, 0.15) is 55.5 Å². The first-order chi connectivity index (χ1) is 15.6. The lowest BCUT2D eigenvalue weighted by Gasteiger charge is -2.24. The highest BCUT2D eigenvalue weighted by molar-refractivity contribution is 6.01. The number of fused-ring (bicyclic) bond motifs is 2. The Morgan fingerprint density at radius 3 is 2.64 bits per heavy atom. The van der Waals surface area contributed by atoms with Crippen molar-refractivity contribution in [3.63, 3.8) is 0 Å². The second-order valence-electron chi connectivity index (χ2n) is 9.64. The maximum Gasteiger partial charge on any atom is 0.263 e. The van der Waals surface area contributed by atoms with E-state index in [2.05, 4.69) is 20.6 Å². The zero-order valence-corrected chi connectivity index (χ0v) is 19.4. The molecular weight excluding hydrogens is 418 g/mol. The summed E-state index contributed by atoms with van der Waals surface area (Å²) in [6.07, 6.45) is 3.60. The van der Waals surface area contributed by atoms with E-state index in [1.54, 1.807) is 17.0 Å². The summed E-state index contributed by atoms with van der Waals surface area (Å²) in [7, 11) is 1.90. The normalized spacial score (nSPS) is 15.7. The number of anilines is 1. The van der Waals surface area contributed by atoms with Crippen molar-refractivity contribution >= 4 is 22.8 Å². The van der Waals surface area contributed by atoms with Crippen LogP contribution in [0.25, 0.3) is 22.2 Å². The number of nitrogens with zero attached hydrogens (tertiary/aromatic N) is 4. The molecule has 0 bridgehead atoms. The van der Waals surface area contributed by atoms with Gasteiger partial charge in [-0.25, -0.2) is 9.97 Å². The number of benzene rings is 1. The maximum absolute atomic E-state index is 13.6. The van der Waals surface area contributed by atoms with E-state index in [0.29, 0.717) is 29.0 Å². The molecule has 3 N–H and O–H groups in total. The number of hydrogen-bond donors (Lipinski definition) is 3. The van der Waals surface area contributed by atoms with Gasteiger partial charge in [0, 0.05) is 30.0 Å². The van der Waals surface area contributed by atoms with Crippen LogP contribution in [0.5, 0.6) is 0 Å². The lowest BCUT2D eigenvalue weighted by molar-refractivity contribution is 0.0958. The summed E-state index contributed by atoms with van der Waals surface area (Å²) >= 11 is 0. The number of amides is 1. The molecule has 33 heavy (non-hydrogen) atoms. The lowest BCUT2D eigenvalue weighted by Crippen LogP contribution is -2.33. The minimum atomic E-state index is -0.310. The number of carbonyl (C=O) groups is 1. The van der Waals surface area contributed by atoms with Crippen molar-refractivity contribution in [2.75, 3.05) is 5.32 Å². The average molecular weight is 446 g/mol. The predicted molar refractivity (Wildman–Crippen MR) is 127 cm³/mol. The number of H-pyrrole nitrogens is 1. The molecule has 1 aliphatic heterocycles. The Balaban J connectivity index is 1.71. The Labute approximate surface area is 190 Å². The van der Waals surface area contributed by atoms with E-state index in [1.165, 1.54) is 0 Å². The summed E-state index contributed by atoms with van der Waals surface area (Å²) in [5.74, 6) is 0.379. The molecule has 0 fully saturated rings. The number of aryl methyl sites for hydroxylation is 1. The summed E-state index contributed by atoms with van der Waals surface area (Å²) in [6.45, 7) is 8.31. The summed E-state index contributed by atoms with van der Waals surface area (Å²) < 4.78 is 3.48. The Morgan fingerprint density at radius 1 is 1.18 bits per heavy atom. The molecule has 3 aromatic heterocycles. The van der Waals surface area contributed by atoms with Gasteiger partial charge in [-0.3, -0.25) is 14.2 Å². The second kappa shape index (κ2) is 7.33. The summed E-state index contributed by atoms with van der Waals surface area (Å²) in [6, 6.07) is 7.30. The monoisotopic (exact) mass is 445 g/mol. The second-order valence-corrected chi connectivity index (χ2v) is 9.64. The Bertz CT molecular complexity index is 1450.